The van der Waals surface area contributed by atoms with Crippen LogP contribution in [-0.2, 0) is 20.0 Å². The van der Waals surface area contributed by atoms with Crippen molar-refractivity contribution in [2.45, 2.75) is 20.3 Å². The second-order valence-electron chi connectivity index (χ2n) is 1.61. The summed E-state index contributed by atoms with van der Waals surface area (Å²) in [4.78, 5) is 0. The van der Waals surface area contributed by atoms with Crippen LogP contribution < -0.4 is 0 Å². The van der Waals surface area contributed by atoms with Crippen LogP contribution in [0.25, 0.3) is 0 Å². The summed E-state index contributed by atoms with van der Waals surface area (Å²) in [6, 6.07) is 0. The molecule has 0 atom stereocenters. The molecule has 0 nitrogen and oxygen atoms in total. The first kappa shape index (κ1) is 7.32. The van der Waals surface area contributed by atoms with Gasteiger partial charge in [0.05, 0.1) is 0 Å². The summed E-state index contributed by atoms with van der Waals surface area (Å²) in [5.41, 5.74) is 1.21. The van der Waals surface area contributed by atoms with E-state index in [2.05, 4.69) is 33.5 Å². The second kappa shape index (κ2) is 3.34. The molecule has 0 spiro atoms. The fourth-order valence-electron chi connectivity index (χ4n) is 0.302. The molecule has 0 radical (unpaired) electrons. The minimum absolute atomic E-state index is 1.13. The van der Waals surface area contributed by atoms with Gasteiger partial charge in [-0.3, -0.25) is 0 Å². The van der Waals surface area contributed by atoms with Crippen molar-refractivity contribution in [3.63, 3.8) is 0 Å². The molecule has 0 amide bonds. The molecule has 0 heterocycles. The Balaban J connectivity index is 3.58. The van der Waals surface area contributed by atoms with Crippen LogP contribution in [0.3, 0.4) is 0 Å². The van der Waals surface area contributed by atoms with Gasteiger partial charge in [0.2, 0.25) is 0 Å². The molecule has 0 rings (SSSR count). The van der Waals surface area contributed by atoms with Crippen molar-refractivity contribution in [1.82, 2.24) is 0 Å². The van der Waals surface area contributed by atoms with Crippen LogP contribution in [0.1, 0.15) is 20.3 Å². The summed E-state index contributed by atoms with van der Waals surface area (Å²) in [7, 11) is 0. The summed E-state index contributed by atoms with van der Waals surface area (Å²) >= 11 is 2.11. The first-order valence-corrected chi connectivity index (χ1v) is 3.19. The molecule has 0 aromatic heterocycles. The monoisotopic (exact) mass is 130 g/mol. The molecule has 0 saturated carbocycles. The molecule has 0 aromatic carbocycles. The molecule has 0 aliphatic heterocycles. The average molecular weight is 130 g/mol. The van der Waals surface area contributed by atoms with Gasteiger partial charge in [-0.1, -0.05) is 0 Å². The number of allylic oxidation sites excluding steroid dienone is 1. The third kappa shape index (κ3) is 2.96. The molecule has 0 unspecified atom stereocenters. The van der Waals surface area contributed by atoms with E-state index in [0.717, 1.165) is 6.42 Å². The van der Waals surface area contributed by atoms with E-state index in [0.29, 0.717) is 0 Å². The van der Waals surface area contributed by atoms with Gasteiger partial charge in [-0.25, -0.2) is 0 Å². The molecule has 7 heavy (non-hydrogen) atoms. The molecule has 0 aliphatic carbocycles. The Bertz CT molecular complexity index is 92.4. The van der Waals surface area contributed by atoms with Crippen LogP contribution in [0.15, 0.2) is 12.2 Å². The van der Waals surface area contributed by atoms with Crippen LogP contribution >= 0.6 is 0 Å². The van der Waals surface area contributed by atoms with Crippen molar-refractivity contribution in [3.8, 4) is 0 Å². The number of hydrogen-bond acceptors (Lipinski definition) is 0. The van der Waals surface area contributed by atoms with Gasteiger partial charge in [-0.05, 0) is 0 Å². The summed E-state index contributed by atoms with van der Waals surface area (Å²) < 4.78 is 1.40. The van der Waals surface area contributed by atoms with Crippen LogP contribution in [0.5, 0.6) is 0 Å². The van der Waals surface area contributed by atoms with E-state index in [4.69, 9.17) is 0 Å². The zero-order chi connectivity index (χ0) is 5.86. The molecule has 0 N–H and O–H groups in total. The van der Waals surface area contributed by atoms with Crippen molar-refractivity contribution in [3.05, 3.63) is 12.2 Å². The molecule has 36 valence electrons. The van der Waals surface area contributed by atoms with Gasteiger partial charge >= 0.3 is 56.2 Å². The first-order valence-electron chi connectivity index (χ1n) is 2.41. The molecule has 0 bridgehead atoms. The number of hydrogen-bond donors (Lipinski definition) is 0. The average Bonchev–Trinajstić information content (AvgIpc) is 1.65. The third-order valence-corrected chi connectivity index (χ3v) is 2.09. The van der Waals surface area contributed by atoms with E-state index in [1.54, 1.807) is 0 Å². The van der Waals surface area contributed by atoms with Gasteiger partial charge in [-0.15, -0.1) is 0 Å². The molecule has 0 aliphatic rings. The van der Waals surface area contributed by atoms with Crippen molar-refractivity contribution >= 4 is 3.81 Å². The van der Waals surface area contributed by atoms with Gasteiger partial charge < -0.3 is 0 Å². The normalized spacial score (nSPS) is 8.57. The standard InChI is InChI=1S/C6H10.Ti/c1-4-5-6(2)3;/h2,4H2,1,3H3;/q;+2. The Morgan fingerprint density at radius 2 is 2.14 bits per heavy atom. The Morgan fingerprint density at radius 3 is 2.14 bits per heavy atom. The van der Waals surface area contributed by atoms with Gasteiger partial charge in [-0.2, -0.15) is 0 Å². The quantitative estimate of drug-likeness (QED) is 0.499. The predicted molar refractivity (Wildman–Crippen MR) is 30.1 cm³/mol. The van der Waals surface area contributed by atoms with E-state index in [-0.39, 0.29) is 0 Å². The van der Waals surface area contributed by atoms with E-state index in [9.17, 15) is 0 Å². The zero-order valence-electron chi connectivity index (χ0n) is 4.91. The Labute approximate surface area is 56.5 Å². The molecule has 0 fully saturated rings. The molecule has 1 heteroatoms. The van der Waals surface area contributed by atoms with Gasteiger partial charge in [0.25, 0.3) is 0 Å². The van der Waals surface area contributed by atoms with Crippen LogP contribution in [0, 0.1) is 0 Å². The zero-order valence-corrected chi connectivity index (χ0v) is 6.48. The Kier molecular flexibility index (Phi) is 3.50. The molecule has 0 saturated heterocycles. The van der Waals surface area contributed by atoms with Crippen molar-refractivity contribution in [1.29, 1.82) is 0 Å². The fraction of sp³-hybridized carbons (Fsp3) is 0.500. The molecular weight excluding hydrogens is 120 g/mol. The fourth-order valence-corrected chi connectivity index (χ4v) is 0.302. The summed E-state index contributed by atoms with van der Waals surface area (Å²) in [6.45, 7) is 7.97. The first-order chi connectivity index (χ1) is 3.18. The molecule has 0 aromatic rings. The summed E-state index contributed by atoms with van der Waals surface area (Å²) in [5.74, 6) is 0. The minimum atomic E-state index is 1.13. The van der Waals surface area contributed by atoms with Crippen molar-refractivity contribution < 1.29 is 20.0 Å². The van der Waals surface area contributed by atoms with Crippen molar-refractivity contribution in [2.24, 2.45) is 0 Å². The summed E-state index contributed by atoms with van der Waals surface area (Å²) in [6.07, 6.45) is 1.13. The van der Waals surface area contributed by atoms with Gasteiger partial charge in [0.15, 0.2) is 0 Å². The number of rotatable bonds is 2. The second-order valence-corrected chi connectivity index (χ2v) is 2.55. The van der Waals surface area contributed by atoms with Gasteiger partial charge in [0, 0.05) is 0 Å². The summed E-state index contributed by atoms with van der Waals surface area (Å²) in [5, 5.41) is 0. The maximum atomic E-state index is 3.79. The predicted octanol–water partition coefficient (Wildman–Crippen LogP) is 1.69. The molecular formula is C6H10Ti+2. The van der Waals surface area contributed by atoms with Crippen molar-refractivity contribution in [2.75, 3.05) is 0 Å². The van der Waals surface area contributed by atoms with Crippen LogP contribution in [0.4, 0.5) is 0 Å². The SMILES string of the molecule is C=C(C)[C](=[Ti+2])CC. The van der Waals surface area contributed by atoms with Gasteiger partial charge in [0.1, 0.15) is 0 Å². The Hall–Kier alpha value is 0.324. The maximum absolute atomic E-state index is 3.79. The van der Waals surface area contributed by atoms with E-state index in [1.165, 1.54) is 9.38 Å². The Morgan fingerprint density at radius 1 is 1.71 bits per heavy atom. The third-order valence-electron chi connectivity index (χ3n) is 0.869. The van der Waals surface area contributed by atoms with E-state index < -0.39 is 0 Å². The van der Waals surface area contributed by atoms with Crippen LogP contribution in [0.2, 0.25) is 0 Å². The van der Waals surface area contributed by atoms with E-state index >= 15 is 0 Å². The van der Waals surface area contributed by atoms with Crippen LogP contribution in [-0.4, -0.2) is 3.81 Å². The topological polar surface area (TPSA) is 0 Å². The van der Waals surface area contributed by atoms with E-state index in [1.807, 2.05) is 6.92 Å².